The molecule has 3 rings (SSSR count). The Balaban J connectivity index is 1.98. The number of carboxylic acids is 1. The van der Waals surface area contributed by atoms with E-state index in [2.05, 4.69) is 0 Å². The van der Waals surface area contributed by atoms with Crippen LogP contribution in [-0.2, 0) is 4.79 Å². The van der Waals surface area contributed by atoms with Crippen molar-refractivity contribution < 1.29 is 19.1 Å². The van der Waals surface area contributed by atoms with Crippen LogP contribution in [0.2, 0.25) is 0 Å². The Bertz CT molecular complexity index is 783. The van der Waals surface area contributed by atoms with Crippen molar-refractivity contribution in [2.75, 3.05) is 4.90 Å². The van der Waals surface area contributed by atoms with E-state index in [4.69, 9.17) is 5.11 Å². The third-order valence-corrected chi connectivity index (χ3v) is 3.80. The normalized spacial score (nSPS) is 17.3. The predicted molar refractivity (Wildman–Crippen MR) is 83.8 cm³/mol. The Kier molecular flexibility index (Phi) is 3.93. The van der Waals surface area contributed by atoms with E-state index in [9.17, 15) is 14.0 Å². The SMILES string of the molecule is O=C1C=CN(c2ccc(C(=O)O)cc2)C(c2cccc(F)c2)C1. The summed E-state index contributed by atoms with van der Waals surface area (Å²) >= 11 is 0. The summed E-state index contributed by atoms with van der Waals surface area (Å²) in [5.74, 6) is -1.38. The molecule has 0 spiro atoms. The third kappa shape index (κ3) is 3.13. The molecule has 1 atom stereocenters. The topological polar surface area (TPSA) is 57.6 Å². The molecule has 0 radical (unpaired) electrons. The summed E-state index contributed by atoms with van der Waals surface area (Å²) in [6, 6.07) is 12.2. The van der Waals surface area contributed by atoms with Crippen molar-refractivity contribution in [1.29, 1.82) is 0 Å². The smallest absolute Gasteiger partial charge is 0.335 e. The molecule has 116 valence electrons. The van der Waals surface area contributed by atoms with Crippen molar-refractivity contribution in [3.05, 3.63) is 77.8 Å². The maximum Gasteiger partial charge on any atom is 0.335 e. The number of anilines is 1. The largest absolute Gasteiger partial charge is 0.478 e. The average molecular weight is 311 g/mol. The van der Waals surface area contributed by atoms with Crippen LogP contribution in [0.5, 0.6) is 0 Å². The van der Waals surface area contributed by atoms with Gasteiger partial charge in [-0.3, -0.25) is 4.79 Å². The van der Waals surface area contributed by atoms with Gasteiger partial charge < -0.3 is 10.0 Å². The van der Waals surface area contributed by atoms with Crippen LogP contribution < -0.4 is 4.90 Å². The number of hydrogen-bond donors (Lipinski definition) is 1. The van der Waals surface area contributed by atoms with Gasteiger partial charge in [0.2, 0.25) is 0 Å². The first kappa shape index (κ1) is 15.0. The molecule has 0 saturated heterocycles. The van der Waals surface area contributed by atoms with Gasteiger partial charge in [-0.2, -0.15) is 0 Å². The molecule has 4 nitrogen and oxygen atoms in total. The first-order valence-electron chi connectivity index (χ1n) is 7.13. The number of aromatic carboxylic acids is 1. The second-order valence-electron chi connectivity index (χ2n) is 5.32. The molecule has 0 aromatic heterocycles. The number of allylic oxidation sites excluding steroid dienone is 1. The third-order valence-electron chi connectivity index (χ3n) is 3.80. The summed E-state index contributed by atoms with van der Waals surface area (Å²) in [5.41, 5.74) is 1.63. The number of hydrogen-bond acceptors (Lipinski definition) is 3. The molecule has 2 aromatic carbocycles. The van der Waals surface area contributed by atoms with Crippen LogP contribution in [0.1, 0.15) is 28.4 Å². The van der Waals surface area contributed by atoms with Crippen molar-refractivity contribution in [3.8, 4) is 0 Å². The number of carbonyl (C=O) groups is 2. The molecule has 0 aliphatic carbocycles. The van der Waals surface area contributed by atoms with Gasteiger partial charge in [0, 0.05) is 18.3 Å². The van der Waals surface area contributed by atoms with Crippen LogP contribution in [0.25, 0.3) is 0 Å². The van der Waals surface area contributed by atoms with Gasteiger partial charge in [-0.1, -0.05) is 12.1 Å². The van der Waals surface area contributed by atoms with Crippen molar-refractivity contribution in [2.45, 2.75) is 12.5 Å². The van der Waals surface area contributed by atoms with Gasteiger partial charge in [-0.25, -0.2) is 9.18 Å². The van der Waals surface area contributed by atoms with E-state index in [1.165, 1.54) is 30.3 Å². The Morgan fingerprint density at radius 1 is 1.17 bits per heavy atom. The molecule has 0 saturated carbocycles. The van der Waals surface area contributed by atoms with Gasteiger partial charge in [-0.15, -0.1) is 0 Å². The maximum absolute atomic E-state index is 13.5. The van der Waals surface area contributed by atoms with Crippen LogP contribution in [0.3, 0.4) is 0 Å². The number of carbonyl (C=O) groups excluding carboxylic acids is 1. The second-order valence-corrected chi connectivity index (χ2v) is 5.32. The zero-order chi connectivity index (χ0) is 16.4. The number of benzene rings is 2. The van der Waals surface area contributed by atoms with Gasteiger partial charge in [0.05, 0.1) is 11.6 Å². The first-order valence-corrected chi connectivity index (χ1v) is 7.13. The van der Waals surface area contributed by atoms with E-state index >= 15 is 0 Å². The van der Waals surface area contributed by atoms with Crippen molar-refractivity contribution in [1.82, 2.24) is 0 Å². The molecule has 1 unspecified atom stereocenters. The zero-order valence-corrected chi connectivity index (χ0v) is 12.1. The fourth-order valence-electron chi connectivity index (χ4n) is 2.66. The van der Waals surface area contributed by atoms with E-state index in [1.54, 1.807) is 30.5 Å². The van der Waals surface area contributed by atoms with Crippen LogP contribution >= 0.6 is 0 Å². The average Bonchev–Trinajstić information content (AvgIpc) is 2.55. The summed E-state index contributed by atoms with van der Waals surface area (Å²) in [7, 11) is 0. The lowest BCUT2D eigenvalue weighted by atomic mass is 9.96. The lowest BCUT2D eigenvalue weighted by Crippen LogP contribution is -2.29. The fourth-order valence-corrected chi connectivity index (χ4v) is 2.66. The van der Waals surface area contributed by atoms with Crippen LogP contribution in [-0.4, -0.2) is 16.9 Å². The molecule has 1 aliphatic rings. The highest BCUT2D eigenvalue weighted by atomic mass is 19.1. The molecular formula is C18H14FNO3. The number of ketones is 1. The lowest BCUT2D eigenvalue weighted by Gasteiger charge is -2.33. The number of carboxylic acid groups (broad SMARTS) is 1. The highest BCUT2D eigenvalue weighted by Crippen LogP contribution is 2.33. The minimum Gasteiger partial charge on any atom is -0.478 e. The Hall–Kier alpha value is -2.95. The van der Waals surface area contributed by atoms with Gasteiger partial charge in [-0.05, 0) is 48.0 Å². The summed E-state index contributed by atoms with van der Waals surface area (Å²) in [5, 5.41) is 8.97. The van der Waals surface area contributed by atoms with E-state index in [1.807, 2.05) is 4.90 Å². The molecule has 1 aliphatic heterocycles. The maximum atomic E-state index is 13.5. The van der Waals surface area contributed by atoms with Crippen LogP contribution in [0.4, 0.5) is 10.1 Å². The quantitative estimate of drug-likeness (QED) is 0.941. The second kappa shape index (κ2) is 6.04. The molecule has 23 heavy (non-hydrogen) atoms. The first-order chi connectivity index (χ1) is 11.0. The lowest BCUT2D eigenvalue weighted by molar-refractivity contribution is -0.115. The van der Waals surface area contributed by atoms with E-state index < -0.39 is 5.97 Å². The molecule has 2 aromatic rings. The Morgan fingerprint density at radius 2 is 1.91 bits per heavy atom. The number of halogens is 1. The summed E-state index contributed by atoms with van der Waals surface area (Å²) < 4.78 is 13.5. The monoisotopic (exact) mass is 311 g/mol. The molecule has 1 heterocycles. The molecule has 5 heteroatoms. The summed E-state index contributed by atoms with van der Waals surface area (Å²) in [4.78, 5) is 24.6. The molecular weight excluding hydrogens is 297 g/mol. The van der Waals surface area contributed by atoms with E-state index in [0.29, 0.717) is 5.56 Å². The van der Waals surface area contributed by atoms with Gasteiger partial charge in [0.1, 0.15) is 5.82 Å². The van der Waals surface area contributed by atoms with Gasteiger partial charge in [0.25, 0.3) is 0 Å². The zero-order valence-electron chi connectivity index (χ0n) is 12.1. The van der Waals surface area contributed by atoms with Crippen molar-refractivity contribution in [3.63, 3.8) is 0 Å². The molecule has 0 bridgehead atoms. The molecule has 1 N–H and O–H groups in total. The minimum atomic E-state index is -0.998. The highest BCUT2D eigenvalue weighted by molar-refractivity contribution is 5.93. The minimum absolute atomic E-state index is 0.0299. The summed E-state index contributed by atoms with van der Waals surface area (Å²) in [6.07, 6.45) is 3.36. The predicted octanol–water partition coefficient (Wildman–Crippen LogP) is 3.56. The van der Waals surface area contributed by atoms with Gasteiger partial charge in [0.15, 0.2) is 5.78 Å². The number of nitrogens with zero attached hydrogens (tertiary/aromatic N) is 1. The van der Waals surface area contributed by atoms with Crippen molar-refractivity contribution in [2.24, 2.45) is 0 Å². The van der Waals surface area contributed by atoms with Crippen molar-refractivity contribution >= 4 is 17.4 Å². The van der Waals surface area contributed by atoms with E-state index in [-0.39, 0.29) is 29.6 Å². The Morgan fingerprint density at radius 3 is 2.57 bits per heavy atom. The standard InChI is InChI=1S/C18H14FNO3/c19-14-3-1-2-13(10-14)17-11-16(21)8-9-20(17)15-6-4-12(5-7-15)18(22)23/h1-10,17H,11H2,(H,22,23). The fraction of sp³-hybridized carbons (Fsp3) is 0.111. The van der Waals surface area contributed by atoms with Crippen LogP contribution in [0, 0.1) is 5.82 Å². The highest BCUT2D eigenvalue weighted by Gasteiger charge is 2.25. The molecule has 0 amide bonds. The Labute approximate surface area is 132 Å². The van der Waals surface area contributed by atoms with Gasteiger partial charge >= 0.3 is 5.97 Å². The number of rotatable bonds is 3. The van der Waals surface area contributed by atoms with Crippen LogP contribution in [0.15, 0.2) is 60.8 Å². The van der Waals surface area contributed by atoms with E-state index in [0.717, 1.165) is 5.69 Å². The summed E-state index contributed by atoms with van der Waals surface area (Å²) in [6.45, 7) is 0. The molecule has 0 fully saturated rings.